The topological polar surface area (TPSA) is 93.5 Å². The van der Waals surface area contributed by atoms with Crippen molar-refractivity contribution in [3.63, 3.8) is 0 Å². The summed E-state index contributed by atoms with van der Waals surface area (Å²) < 4.78 is 15.8. The van der Waals surface area contributed by atoms with E-state index in [1.54, 1.807) is 6.20 Å². The van der Waals surface area contributed by atoms with Crippen LogP contribution in [0.3, 0.4) is 0 Å². The molecule has 1 aromatic rings. The van der Waals surface area contributed by atoms with E-state index in [0.29, 0.717) is 30.6 Å². The Morgan fingerprint density at radius 3 is 2.65 bits per heavy atom. The lowest BCUT2D eigenvalue weighted by Gasteiger charge is -2.16. The summed E-state index contributed by atoms with van der Waals surface area (Å²) in [5, 5.41) is 13.2. The lowest BCUT2D eigenvalue weighted by atomic mass is 10.0. The first-order valence-corrected chi connectivity index (χ1v) is 9.45. The van der Waals surface area contributed by atoms with E-state index in [4.69, 9.17) is 14.2 Å². The van der Waals surface area contributed by atoms with Crippen LogP contribution in [0.5, 0.6) is 5.19 Å². The second-order valence-electron chi connectivity index (χ2n) is 6.00. The molecule has 0 spiro atoms. The molecule has 7 nitrogen and oxygen atoms in total. The van der Waals surface area contributed by atoms with Crippen LogP contribution in [-0.2, 0) is 20.8 Å². The van der Waals surface area contributed by atoms with Gasteiger partial charge in [0.05, 0.1) is 19.3 Å². The maximum Gasteiger partial charge on any atom is 0.350 e. The van der Waals surface area contributed by atoms with Crippen LogP contribution in [0.2, 0.25) is 0 Å². The molecule has 26 heavy (non-hydrogen) atoms. The molecule has 0 atom stereocenters. The predicted molar refractivity (Wildman–Crippen MR) is 99.6 cm³/mol. The molecule has 0 aliphatic rings. The zero-order chi connectivity index (χ0) is 19.5. The third kappa shape index (κ3) is 7.42. The Morgan fingerprint density at radius 2 is 2.08 bits per heavy atom. The quantitative estimate of drug-likeness (QED) is 0.272. The van der Waals surface area contributed by atoms with Gasteiger partial charge in [-0.15, -0.1) is 0 Å². The molecule has 0 fully saturated rings. The van der Waals surface area contributed by atoms with Crippen molar-refractivity contribution in [3.8, 4) is 11.3 Å². The van der Waals surface area contributed by atoms with Crippen LogP contribution < -0.4 is 10.1 Å². The molecule has 0 saturated carbocycles. The summed E-state index contributed by atoms with van der Waals surface area (Å²) >= 11 is 1.43. The molecular weight excluding hydrogens is 354 g/mol. The van der Waals surface area contributed by atoms with Crippen LogP contribution in [0.15, 0.2) is 17.5 Å². The highest BCUT2D eigenvalue weighted by Crippen LogP contribution is 2.22. The van der Waals surface area contributed by atoms with Crippen molar-refractivity contribution in [2.75, 3.05) is 19.8 Å². The van der Waals surface area contributed by atoms with Crippen LogP contribution in [0.25, 0.3) is 0 Å². The van der Waals surface area contributed by atoms with Gasteiger partial charge in [-0.25, -0.2) is 9.78 Å². The van der Waals surface area contributed by atoms with Gasteiger partial charge in [-0.1, -0.05) is 25.2 Å². The van der Waals surface area contributed by atoms with Crippen molar-refractivity contribution in [1.82, 2.24) is 10.3 Å². The van der Waals surface area contributed by atoms with Crippen LogP contribution in [0.1, 0.15) is 39.5 Å². The average molecular weight is 381 g/mol. The first-order valence-electron chi connectivity index (χ1n) is 8.63. The maximum absolute atomic E-state index is 12.2. The highest BCUT2D eigenvalue weighted by Gasteiger charge is 2.19. The van der Waals surface area contributed by atoms with E-state index in [1.807, 2.05) is 40.7 Å². The fourth-order valence-electron chi connectivity index (χ4n) is 2.02. The van der Waals surface area contributed by atoms with Crippen LogP contribution >= 0.6 is 11.3 Å². The fourth-order valence-corrected chi connectivity index (χ4v) is 2.84. The summed E-state index contributed by atoms with van der Waals surface area (Å²) in [6.45, 7) is 11.0. The standard InChI is InChI=1S/C18H27N3O4S/c1-6-23-7-8-24-17(22)15(9-19)16(12(2)3)20-10-14-11-21-18(26-14)25-13(4)5/h11-13,20H,6-8,10H2,1-5H3/b16-15+. The first kappa shape index (κ1) is 21.9. The minimum absolute atomic E-state index is 0.0142. The number of nitrogens with zero attached hydrogens (tertiary/aromatic N) is 2. The van der Waals surface area contributed by atoms with Crippen molar-refractivity contribution in [2.24, 2.45) is 5.92 Å². The Labute approximate surface area is 159 Å². The molecule has 0 amide bonds. The number of allylic oxidation sites excluding steroid dienone is 1. The van der Waals surface area contributed by atoms with Gasteiger partial charge >= 0.3 is 5.97 Å². The van der Waals surface area contributed by atoms with Gasteiger partial charge in [-0.2, -0.15) is 5.26 Å². The highest BCUT2D eigenvalue weighted by atomic mass is 32.1. The summed E-state index contributed by atoms with van der Waals surface area (Å²) in [4.78, 5) is 17.3. The molecule has 0 aliphatic carbocycles. The van der Waals surface area contributed by atoms with E-state index in [2.05, 4.69) is 10.3 Å². The number of nitrogens with one attached hydrogen (secondary N) is 1. The molecule has 0 saturated heterocycles. The third-order valence-corrected chi connectivity index (χ3v) is 4.04. The van der Waals surface area contributed by atoms with Crippen LogP contribution in [-0.4, -0.2) is 36.9 Å². The Kier molecular flexibility index (Phi) is 9.70. The van der Waals surface area contributed by atoms with Crippen LogP contribution in [0, 0.1) is 17.2 Å². The zero-order valence-corrected chi connectivity index (χ0v) is 16.8. The first-order chi connectivity index (χ1) is 12.4. The van der Waals surface area contributed by atoms with E-state index < -0.39 is 5.97 Å². The number of carbonyl (C=O) groups excluding carboxylic acids is 1. The summed E-state index contributed by atoms with van der Waals surface area (Å²) in [6.07, 6.45) is 1.78. The van der Waals surface area contributed by atoms with Crippen LogP contribution in [0.4, 0.5) is 0 Å². The number of hydrogen-bond acceptors (Lipinski definition) is 8. The minimum Gasteiger partial charge on any atom is -0.467 e. The molecule has 8 heteroatoms. The van der Waals surface area contributed by atoms with Gasteiger partial charge in [0.1, 0.15) is 12.7 Å². The lowest BCUT2D eigenvalue weighted by Crippen LogP contribution is -2.23. The number of nitriles is 1. The smallest absolute Gasteiger partial charge is 0.350 e. The largest absolute Gasteiger partial charge is 0.467 e. The Morgan fingerprint density at radius 1 is 1.35 bits per heavy atom. The van der Waals surface area contributed by atoms with Gasteiger partial charge in [0, 0.05) is 23.4 Å². The second-order valence-corrected chi connectivity index (χ2v) is 7.08. The number of esters is 1. The third-order valence-electron chi connectivity index (χ3n) is 3.15. The zero-order valence-electron chi connectivity index (χ0n) is 16.0. The number of thiazole rings is 1. The Balaban J connectivity index is 2.77. The number of aromatic nitrogens is 1. The molecule has 0 bridgehead atoms. The van der Waals surface area contributed by atoms with Gasteiger partial charge in [-0.05, 0) is 26.7 Å². The molecule has 1 N–H and O–H groups in total. The van der Waals surface area contributed by atoms with Gasteiger partial charge in [-0.3, -0.25) is 0 Å². The normalized spacial score (nSPS) is 11.9. The van der Waals surface area contributed by atoms with Gasteiger partial charge in [0.15, 0.2) is 5.57 Å². The number of hydrogen-bond donors (Lipinski definition) is 1. The maximum atomic E-state index is 12.2. The van der Waals surface area contributed by atoms with Gasteiger partial charge in [0.25, 0.3) is 5.19 Å². The van der Waals surface area contributed by atoms with Gasteiger partial charge in [0.2, 0.25) is 0 Å². The van der Waals surface area contributed by atoms with Crippen molar-refractivity contribution >= 4 is 17.3 Å². The molecule has 1 aromatic heterocycles. The molecule has 0 aromatic carbocycles. The minimum atomic E-state index is -0.642. The summed E-state index contributed by atoms with van der Waals surface area (Å²) in [5.74, 6) is -0.681. The SMILES string of the molecule is CCOCCOC(=O)/C(C#N)=C(/NCc1cnc(OC(C)C)s1)C(C)C. The van der Waals surface area contributed by atoms with E-state index in [0.717, 1.165) is 4.88 Å². The number of ether oxygens (including phenoxy) is 3. The van der Waals surface area contributed by atoms with Crippen molar-refractivity contribution in [1.29, 1.82) is 5.26 Å². The van der Waals surface area contributed by atoms with E-state index in [-0.39, 0.29) is 24.2 Å². The van der Waals surface area contributed by atoms with Crippen molar-refractivity contribution in [2.45, 2.75) is 47.3 Å². The number of rotatable bonds is 11. The van der Waals surface area contributed by atoms with E-state index >= 15 is 0 Å². The summed E-state index contributed by atoms with van der Waals surface area (Å²) in [5.41, 5.74) is 0.535. The van der Waals surface area contributed by atoms with Gasteiger partial charge < -0.3 is 19.5 Å². The number of carbonyl (C=O) groups is 1. The molecular formula is C18H27N3O4S. The average Bonchev–Trinajstić information content (AvgIpc) is 3.01. The lowest BCUT2D eigenvalue weighted by molar-refractivity contribution is -0.140. The van der Waals surface area contributed by atoms with Crippen molar-refractivity contribution in [3.05, 3.63) is 22.3 Å². The molecule has 144 valence electrons. The molecule has 0 radical (unpaired) electrons. The highest BCUT2D eigenvalue weighted by molar-refractivity contribution is 7.13. The van der Waals surface area contributed by atoms with E-state index in [9.17, 15) is 10.1 Å². The predicted octanol–water partition coefficient (Wildman–Crippen LogP) is 3.03. The molecule has 0 unspecified atom stereocenters. The summed E-state index contributed by atoms with van der Waals surface area (Å²) in [7, 11) is 0. The monoisotopic (exact) mass is 381 g/mol. The summed E-state index contributed by atoms with van der Waals surface area (Å²) in [6, 6.07) is 1.96. The molecule has 1 heterocycles. The van der Waals surface area contributed by atoms with Crippen molar-refractivity contribution < 1.29 is 19.0 Å². The van der Waals surface area contributed by atoms with E-state index in [1.165, 1.54) is 11.3 Å². The second kappa shape index (κ2) is 11.5. The molecule has 0 aliphatic heterocycles. The molecule has 1 rings (SSSR count). The Bertz CT molecular complexity index is 647. The Hall–Kier alpha value is -2.11. The fraction of sp³-hybridized carbons (Fsp3) is 0.611.